The van der Waals surface area contributed by atoms with Crippen molar-refractivity contribution in [2.75, 3.05) is 0 Å². The first kappa shape index (κ1) is 22.1. The van der Waals surface area contributed by atoms with Crippen LogP contribution in [0.3, 0.4) is 0 Å². The zero-order chi connectivity index (χ0) is 20.2. The molecule has 4 nitrogen and oxygen atoms in total. The van der Waals surface area contributed by atoms with E-state index in [0.29, 0.717) is 21.2 Å². The van der Waals surface area contributed by atoms with Gasteiger partial charge in [-0.3, -0.25) is 9.59 Å². The van der Waals surface area contributed by atoms with Gasteiger partial charge in [-0.1, -0.05) is 82.3 Å². The van der Waals surface area contributed by atoms with Crippen LogP contribution in [0.5, 0.6) is 0 Å². The molecule has 2 aromatic carbocycles. The lowest BCUT2D eigenvalue weighted by atomic mass is 9.83. The maximum absolute atomic E-state index is 12.5. The Balaban J connectivity index is 2.62. The number of carbonyl (C=O) groups is 2. The Hall–Kier alpha value is -1.17. The van der Waals surface area contributed by atoms with Crippen LogP contribution in [0, 0.1) is 0 Å². The summed E-state index contributed by atoms with van der Waals surface area (Å²) < 4.78 is -1.99. The molecule has 0 heterocycles. The van der Waals surface area contributed by atoms with Gasteiger partial charge in [0.25, 0.3) is 0 Å². The van der Waals surface area contributed by atoms with Gasteiger partial charge in [0.15, 0.2) is 0 Å². The van der Waals surface area contributed by atoms with Gasteiger partial charge in [-0.25, -0.2) is 0 Å². The van der Waals surface area contributed by atoms with Crippen molar-refractivity contribution in [3.05, 3.63) is 69.7 Å². The molecule has 144 valence electrons. The average molecular weight is 469 g/mol. The number of amides is 2. The summed E-state index contributed by atoms with van der Waals surface area (Å²) in [7, 11) is 0. The monoisotopic (exact) mass is 466 g/mol. The van der Waals surface area contributed by atoms with Crippen LogP contribution < -0.4 is 11.1 Å². The molecule has 0 unspecified atom stereocenters. The molecule has 0 bridgehead atoms. The minimum Gasteiger partial charge on any atom is -0.370 e. The van der Waals surface area contributed by atoms with Crippen molar-refractivity contribution in [1.29, 1.82) is 0 Å². The summed E-state index contributed by atoms with van der Waals surface area (Å²) in [4.78, 5) is 23.6. The quantitative estimate of drug-likeness (QED) is 0.587. The van der Waals surface area contributed by atoms with Gasteiger partial charge >= 0.3 is 0 Å². The Morgan fingerprint density at radius 2 is 1.22 bits per heavy atom. The topological polar surface area (TPSA) is 72.2 Å². The summed E-state index contributed by atoms with van der Waals surface area (Å²) in [5.41, 5.74) is 4.54. The van der Waals surface area contributed by atoms with Gasteiger partial charge in [0.1, 0.15) is 5.54 Å². The molecule has 0 aliphatic carbocycles. The number of primary amides is 1. The molecule has 9 heteroatoms. The van der Waals surface area contributed by atoms with Crippen LogP contribution in [-0.2, 0) is 15.1 Å². The standard InChI is InChI=1S/C18H15Cl5N2O2/c19-13-5-1-11(2-6-13)17(18(21,22)23,12-3-7-14(20)8-4-12)25-16(27)10-9-15(24)26/h1-8H,9-10H2,(H2,24,26)(H,25,27). The van der Waals surface area contributed by atoms with E-state index in [1.165, 1.54) is 0 Å². The zero-order valence-corrected chi connectivity index (χ0v) is 17.6. The molecule has 0 aliphatic rings. The third-order valence-electron chi connectivity index (χ3n) is 3.91. The van der Waals surface area contributed by atoms with Gasteiger partial charge in [0.05, 0.1) is 0 Å². The first-order valence-corrected chi connectivity index (χ1v) is 9.63. The van der Waals surface area contributed by atoms with Crippen LogP contribution in [0.2, 0.25) is 10.0 Å². The minimum absolute atomic E-state index is 0.136. The van der Waals surface area contributed by atoms with Crippen molar-refractivity contribution in [2.24, 2.45) is 5.73 Å². The zero-order valence-electron chi connectivity index (χ0n) is 13.8. The van der Waals surface area contributed by atoms with Gasteiger partial charge in [-0.2, -0.15) is 0 Å². The number of halogens is 5. The van der Waals surface area contributed by atoms with E-state index in [2.05, 4.69) is 5.32 Å². The van der Waals surface area contributed by atoms with E-state index in [0.717, 1.165) is 0 Å². The van der Waals surface area contributed by atoms with E-state index >= 15 is 0 Å². The lowest BCUT2D eigenvalue weighted by molar-refractivity contribution is -0.126. The van der Waals surface area contributed by atoms with Crippen molar-refractivity contribution in [3.63, 3.8) is 0 Å². The lowest BCUT2D eigenvalue weighted by Crippen LogP contribution is -2.55. The van der Waals surface area contributed by atoms with Gasteiger partial charge in [0, 0.05) is 22.9 Å². The number of hydrogen-bond donors (Lipinski definition) is 2. The number of alkyl halides is 3. The number of nitrogens with one attached hydrogen (secondary N) is 1. The normalized spacial score (nSPS) is 11.9. The molecule has 0 aromatic heterocycles. The number of rotatable bonds is 6. The lowest BCUT2D eigenvalue weighted by Gasteiger charge is -2.41. The van der Waals surface area contributed by atoms with Crippen LogP contribution in [0.15, 0.2) is 48.5 Å². The summed E-state index contributed by atoms with van der Waals surface area (Å²) in [6, 6.07) is 13.1. The average Bonchev–Trinajstić information content (AvgIpc) is 2.58. The Bertz CT molecular complexity index is 772. The van der Waals surface area contributed by atoms with E-state index in [1.807, 2.05) is 0 Å². The molecule has 0 atom stereocenters. The van der Waals surface area contributed by atoms with Crippen molar-refractivity contribution < 1.29 is 9.59 Å². The third kappa shape index (κ3) is 5.21. The number of carbonyl (C=O) groups excluding carboxylic acids is 2. The highest BCUT2D eigenvalue weighted by atomic mass is 35.6. The Morgan fingerprint density at radius 3 is 1.56 bits per heavy atom. The fourth-order valence-electron chi connectivity index (χ4n) is 2.62. The van der Waals surface area contributed by atoms with Gasteiger partial charge in [0.2, 0.25) is 15.6 Å². The highest BCUT2D eigenvalue weighted by molar-refractivity contribution is 6.68. The van der Waals surface area contributed by atoms with E-state index < -0.39 is 21.1 Å². The van der Waals surface area contributed by atoms with Crippen molar-refractivity contribution in [2.45, 2.75) is 22.2 Å². The Morgan fingerprint density at radius 1 is 0.815 bits per heavy atom. The Kier molecular flexibility index (Phi) is 7.28. The van der Waals surface area contributed by atoms with Crippen LogP contribution in [0.1, 0.15) is 24.0 Å². The molecule has 2 amide bonds. The second kappa shape index (κ2) is 8.89. The van der Waals surface area contributed by atoms with Gasteiger partial charge in [-0.05, 0) is 35.4 Å². The van der Waals surface area contributed by atoms with Crippen LogP contribution in [0.25, 0.3) is 0 Å². The highest BCUT2D eigenvalue weighted by Gasteiger charge is 2.52. The summed E-state index contributed by atoms with van der Waals surface area (Å²) >= 11 is 31.1. The molecular weight excluding hydrogens is 453 g/mol. The van der Waals surface area contributed by atoms with Gasteiger partial charge < -0.3 is 11.1 Å². The van der Waals surface area contributed by atoms with E-state index in [-0.39, 0.29) is 12.8 Å². The van der Waals surface area contributed by atoms with Crippen LogP contribution in [-0.4, -0.2) is 15.6 Å². The molecule has 2 aromatic rings. The predicted octanol–water partition coefficient (Wildman–Crippen LogP) is 4.99. The SMILES string of the molecule is NC(=O)CCC(=O)NC(c1ccc(Cl)cc1)(c1ccc(Cl)cc1)C(Cl)(Cl)Cl. The molecule has 27 heavy (non-hydrogen) atoms. The largest absolute Gasteiger partial charge is 0.370 e. The molecular formula is C18H15Cl5N2O2. The highest BCUT2D eigenvalue weighted by Crippen LogP contribution is 2.49. The summed E-state index contributed by atoms with van der Waals surface area (Å²) in [5, 5.41) is 3.73. The molecule has 0 aliphatic heterocycles. The van der Waals surface area contributed by atoms with E-state index in [4.69, 9.17) is 63.7 Å². The fourth-order valence-corrected chi connectivity index (χ4v) is 3.67. The smallest absolute Gasteiger partial charge is 0.221 e. The molecule has 0 saturated carbocycles. The van der Waals surface area contributed by atoms with Crippen LogP contribution in [0.4, 0.5) is 0 Å². The number of hydrogen-bond acceptors (Lipinski definition) is 2. The van der Waals surface area contributed by atoms with Crippen LogP contribution >= 0.6 is 58.0 Å². The van der Waals surface area contributed by atoms with Crippen molar-refractivity contribution in [1.82, 2.24) is 5.32 Å². The molecule has 0 radical (unpaired) electrons. The molecule has 0 spiro atoms. The summed E-state index contributed by atoms with van der Waals surface area (Å²) in [5.74, 6) is -1.12. The predicted molar refractivity (Wildman–Crippen MR) is 111 cm³/mol. The first-order chi connectivity index (χ1) is 12.6. The maximum atomic E-state index is 12.5. The van der Waals surface area contributed by atoms with Crippen molar-refractivity contribution >= 4 is 69.8 Å². The molecule has 0 saturated heterocycles. The Labute approximate surface area is 181 Å². The first-order valence-electron chi connectivity index (χ1n) is 7.74. The second-order valence-corrected chi connectivity index (χ2v) is 8.93. The maximum Gasteiger partial charge on any atom is 0.221 e. The van der Waals surface area contributed by atoms with E-state index in [9.17, 15) is 9.59 Å². The summed E-state index contributed by atoms with van der Waals surface area (Å²) in [6.45, 7) is 0. The third-order valence-corrected chi connectivity index (χ3v) is 5.26. The van der Waals surface area contributed by atoms with Crippen molar-refractivity contribution in [3.8, 4) is 0 Å². The fraction of sp³-hybridized carbons (Fsp3) is 0.222. The number of benzene rings is 2. The second-order valence-electron chi connectivity index (χ2n) is 5.78. The molecule has 2 rings (SSSR count). The van der Waals surface area contributed by atoms with Gasteiger partial charge in [-0.15, -0.1) is 0 Å². The molecule has 3 N–H and O–H groups in total. The molecule has 0 fully saturated rings. The number of nitrogens with two attached hydrogens (primary N) is 1. The minimum atomic E-state index is -1.99. The van der Waals surface area contributed by atoms with E-state index in [1.54, 1.807) is 48.5 Å². The summed E-state index contributed by atoms with van der Waals surface area (Å²) in [6.07, 6.45) is -0.290.